The van der Waals surface area contributed by atoms with Crippen LogP contribution in [0.25, 0.3) is 11.1 Å². The van der Waals surface area contributed by atoms with Gasteiger partial charge in [-0.05, 0) is 42.2 Å². The number of hydrogen-bond acceptors (Lipinski definition) is 3. The molecular weight excluding hydrogens is 404 g/mol. The van der Waals surface area contributed by atoms with E-state index >= 15 is 0 Å². The highest BCUT2D eigenvalue weighted by atomic mass is 16.4. The molecule has 6 nitrogen and oxygen atoms in total. The fourth-order valence-electron chi connectivity index (χ4n) is 3.36. The highest BCUT2D eigenvalue weighted by molar-refractivity contribution is 5.98. The average Bonchev–Trinajstić information content (AvgIpc) is 2.82. The summed E-state index contributed by atoms with van der Waals surface area (Å²) in [5, 5.41) is 14.6. The Hall–Kier alpha value is -3.93. The van der Waals surface area contributed by atoms with Gasteiger partial charge in [0.05, 0.1) is 6.04 Å². The molecule has 0 aromatic heterocycles. The van der Waals surface area contributed by atoms with Gasteiger partial charge in [0.15, 0.2) is 0 Å². The molecule has 0 aliphatic heterocycles. The first-order valence-corrected chi connectivity index (χ1v) is 10.5. The van der Waals surface area contributed by atoms with E-state index in [1.165, 1.54) is 0 Å². The van der Waals surface area contributed by atoms with E-state index in [0.29, 0.717) is 5.56 Å². The van der Waals surface area contributed by atoms with E-state index in [4.69, 9.17) is 5.11 Å². The lowest BCUT2D eigenvalue weighted by atomic mass is 10.0. The number of carbonyl (C=O) groups is 3. The van der Waals surface area contributed by atoms with Crippen molar-refractivity contribution < 1.29 is 19.5 Å². The van der Waals surface area contributed by atoms with E-state index in [0.717, 1.165) is 16.7 Å². The van der Waals surface area contributed by atoms with Gasteiger partial charge in [-0.25, -0.2) is 0 Å². The Morgan fingerprint density at radius 2 is 1.34 bits per heavy atom. The van der Waals surface area contributed by atoms with Gasteiger partial charge in [-0.3, -0.25) is 14.4 Å². The molecule has 3 aromatic rings. The third-order valence-corrected chi connectivity index (χ3v) is 5.18. The zero-order chi connectivity index (χ0) is 22.9. The van der Waals surface area contributed by atoms with Gasteiger partial charge in [0.2, 0.25) is 5.91 Å². The quantitative estimate of drug-likeness (QED) is 0.474. The lowest BCUT2D eigenvalue weighted by Gasteiger charge is -2.21. The van der Waals surface area contributed by atoms with Crippen LogP contribution < -0.4 is 10.6 Å². The lowest BCUT2D eigenvalue weighted by Crippen LogP contribution is -2.47. The van der Waals surface area contributed by atoms with Gasteiger partial charge in [0.1, 0.15) is 6.04 Å². The van der Waals surface area contributed by atoms with Crippen molar-refractivity contribution in [2.45, 2.75) is 31.8 Å². The van der Waals surface area contributed by atoms with Crippen LogP contribution >= 0.6 is 0 Å². The molecule has 3 aromatic carbocycles. The van der Waals surface area contributed by atoms with E-state index in [1.54, 1.807) is 12.1 Å². The van der Waals surface area contributed by atoms with Crippen molar-refractivity contribution in [3.63, 3.8) is 0 Å². The number of carboxylic acid groups (broad SMARTS) is 1. The summed E-state index contributed by atoms with van der Waals surface area (Å²) in [6, 6.07) is 25.0. The Kier molecular flexibility index (Phi) is 7.75. The predicted molar refractivity (Wildman–Crippen MR) is 123 cm³/mol. The van der Waals surface area contributed by atoms with E-state index in [2.05, 4.69) is 10.6 Å². The second-order valence-corrected chi connectivity index (χ2v) is 7.54. The van der Waals surface area contributed by atoms with Crippen LogP contribution in [0.15, 0.2) is 84.9 Å². The van der Waals surface area contributed by atoms with Crippen LogP contribution in [0.2, 0.25) is 0 Å². The summed E-state index contributed by atoms with van der Waals surface area (Å²) in [7, 11) is 0. The van der Waals surface area contributed by atoms with E-state index < -0.39 is 23.8 Å². The van der Waals surface area contributed by atoms with Crippen LogP contribution in [0.5, 0.6) is 0 Å². The number of hydrogen-bond donors (Lipinski definition) is 3. The van der Waals surface area contributed by atoms with Gasteiger partial charge in [-0.2, -0.15) is 0 Å². The molecule has 3 rings (SSSR count). The van der Waals surface area contributed by atoms with E-state index in [-0.39, 0.29) is 18.9 Å². The second-order valence-electron chi connectivity index (χ2n) is 7.54. The summed E-state index contributed by atoms with van der Waals surface area (Å²) in [6.45, 7) is 1.84. The van der Waals surface area contributed by atoms with Crippen molar-refractivity contribution in [1.29, 1.82) is 0 Å². The Morgan fingerprint density at radius 1 is 0.781 bits per heavy atom. The summed E-state index contributed by atoms with van der Waals surface area (Å²) in [6.07, 6.45) is -0.235. The van der Waals surface area contributed by atoms with Crippen molar-refractivity contribution in [1.82, 2.24) is 10.6 Å². The molecule has 0 aliphatic rings. The topological polar surface area (TPSA) is 95.5 Å². The van der Waals surface area contributed by atoms with Gasteiger partial charge < -0.3 is 15.7 Å². The zero-order valence-corrected chi connectivity index (χ0v) is 17.8. The first kappa shape index (κ1) is 22.7. The van der Waals surface area contributed by atoms with Gasteiger partial charge in [-0.15, -0.1) is 0 Å². The van der Waals surface area contributed by atoms with Gasteiger partial charge in [-0.1, -0.05) is 72.8 Å². The summed E-state index contributed by atoms with van der Waals surface area (Å²) in [4.78, 5) is 36.6. The molecule has 0 bridgehead atoms. The molecule has 0 spiro atoms. The normalized spacial score (nSPS) is 12.4. The van der Waals surface area contributed by atoms with Crippen LogP contribution in [0.4, 0.5) is 0 Å². The molecule has 0 saturated carbocycles. The molecular formula is C26H26N2O4. The van der Waals surface area contributed by atoms with Crippen LogP contribution in [0.1, 0.15) is 41.7 Å². The van der Waals surface area contributed by atoms with Crippen LogP contribution in [-0.2, 0) is 9.59 Å². The molecule has 2 amide bonds. The zero-order valence-electron chi connectivity index (χ0n) is 17.8. The monoisotopic (exact) mass is 430 g/mol. The van der Waals surface area contributed by atoms with Gasteiger partial charge in [0.25, 0.3) is 5.91 Å². The van der Waals surface area contributed by atoms with Crippen LogP contribution in [0.3, 0.4) is 0 Å². The van der Waals surface area contributed by atoms with Gasteiger partial charge in [0, 0.05) is 12.0 Å². The van der Waals surface area contributed by atoms with Crippen LogP contribution in [-0.4, -0.2) is 28.9 Å². The predicted octanol–water partition coefficient (Wildman–Crippen LogP) is 4.19. The second kappa shape index (κ2) is 10.9. The molecule has 0 saturated heterocycles. The molecule has 0 fully saturated rings. The molecule has 0 heterocycles. The summed E-state index contributed by atoms with van der Waals surface area (Å²) < 4.78 is 0. The Labute approximate surface area is 187 Å². The molecule has 1 unspecified atom stereocenters. The Bertz CT molecular complexity index is 1050. The first-order valence-electron chi connectivity index (χ1n) is 10.5. The molecule has 6 heteroatoms. The van der Waals surface area contributed by atoms with Crippen LogP contribution in [0, 0.1) is 0 Å². The standard InChI is InChI=1S/C26H26N2O4/c1-18(19-8-4-2-5-9-19)27-26(32)23(16-17-24(29)30)28-25(31)22-14-12-21(13-15-22)20-10-6-3-7-11-20/h2-15,18,23H,16-17H2,1H3,(H,27,32)(H,28,31)(H,29,30)/t18?,23-/m0/s1. The highest BCUT2D eigenvalue weighted by Gasteiger charge is 2.24. The van der Waals surface area contributed by atoms with Gasteiger partial charge >= 0.3 is 5.97 Å². The van der Waals surface area contributed by atoms with Crippen molar-refractivity contribution in [2.75, 3.05) is 0 Å². The molecule has 164 valence electrons. The number of amides is 2. The Morgan fingerprint density at radius 3 is 1.94 bits per heavy atom. The molecule has 32 heavy (non-hydrogen) atoms. The third kappa shape index (κ3) is 6.28. The Balaban J connectivity index is 1.69. The molecule has 0 aliphatic carbocycles. The minimum Gasteiger partial charge on any atom is -0.481 e. The van der Waals surface area contributed by atoms with E-state index in [1.807, 2.05) is 79.7 Å². The maximum absolute atomic E-state index is 12.8. The lowest BCUT2D eigenvalue weighted by molar-refractivity contribution is -0.137. The molecule has 3 N–H and O–H groups in total. The van der Waals surface area contributed by atoms with Crippen molar-refractivity contribution >= 4 is 17.8 Å². The maximum Gasteiger partial charge on any atom is 0.303 e. The smallest absolute Gasteiger partial charge is 0.303 e. The fourth-order valence-corrected chi connectivity index (χ4v) is 3.36. The number of benzene rings is 3. The summed E-state index contributed by atoms with van der Waals surface area (Å²) in [5.41, 5.74) is 3.32. The number of carbonyl (C=O) groups excluding carboxylic acids is 2. The third-order valence-electron chi connectivity index (χ3n) is 5.18. The number of nitrogens with one attached hydrogen (secondary N) is 2. The first-order chi connectivity index (χ1) is 15.4. The largest absolute Gasteiger partial charge is 0.481 e. The highest BCUT2D eigenvalue weighted by Crippen LogP contribution is 2.19. The molecule has 0 radical (unpaired) electrons. The summed E-state index contributed by atoms with van der Waals surface area (Å²) >= 11 is 0. The SMILES string of the molecule is CC(NC(=O)[C@H](CCC(=O)O)NC(=O)c1ccc(-c2ccccc2)cc1)c1ccccc1. The minimum atomic E-state index is -1.03. The van der Waals surface area contributed by atoms with Crippen molar-refractivity contribution in [2.24, 2.45) is 0 Å². The fraction of sp³-hybridized carbons (Fsp3) is 0.192. The maximum atomic E-state index is 12.8. The van der Waals surface area contributed by atoms with E-state index in [9.17, 15) is 14.4 Å². The minimum absolute atomic E-state index is 0.00346. The van der Waals surface area contributed by atoms with Crippen molar-refractivity contribution in [3.05, 3.63) is 96.1 Å². The number of rotatable bonds is 9. The summed E-state index contributed by atoms with van der Waals surface area (Å²) in [5.74, 6) is -1.88. The van der Waals surface area contributed by atoms with Crippen molar-refractivity contribution in [3.8, 4) is 11.1 Å². The molecule has 2 atom stereocenters. The number of aliphatic carboxylic acids is 1. The average molecular weight is 431 g/mol. The number of carboxylic acids is 1.